The number of rotatable bonds is 6. The Bertz CT molecular complexity index is 718. The Morgan fingerprint density at radius 3 is 2.13 bits per heavy atom. The maximum Gasteiger partial charge on any atom is 0.185 e. The van der Waals surface area contributed by atoms with Gasteiger partial charge in [0, 0.05) is 19.8 Å². The number of phenolic OH excluding ortho intramolecular Hbond substituents is 1. The van der Waals surface area contributed by atoms with Crippen LogP contribution >= 0.6 is 0 Å². The maximum absolute atomic E-state index is 9.91. The molecule has 23 heavy (non-hydrogen) atoms. The van der Waals surface area contributed by atoms with Gasteiger partial charge >= 0.3 is 0 Å². The highest BCUT2D eigenvalue weighted by molar-refractivity contribution is 5.72. The first-order valence-electron chi connectivity index (χ1n) is 6.24. The third kappa shape index (κ3) is 3.69. The molecule has 1 aromatic carbocycles. The largest absolute Gasteiger partial charge is 0.504 e. The van der Waals surface area contributed by atoms with Crippen LogP contribution in [0.2, 0.25) is 0 Å². The molecule has 0 amide bonds. The van der Waals surface area contributed by atoms with Gasteiger partial charge in [-0.2, -0.15) is 15.8 Å². The number of hydrogen-bond donors (Lipinski definition) is 2. The fraction of sp³-hybridized carbons (Fsp3) is 0.267. The molecule has 0 aliphatic heterocycles. The van der Waals surface area contributed by atoms with Crippen LogP contribution < -0.4 is 10.1 Å². The minimum Gasteiger partial charge on any atom is -0.504 e. The average molecular weight is 314 g/mol. The molecule has 0 saturated heterocycles. The summed E-state index contributed by atoms with van der Waals surface area (Å²) in [5, 5.41) is 39.5. The van der Waals surface area contributed by atoms with Crippen molar-refractivity contribution in [2.24, 2.45) is 0 Å². The lowest BCUT2D eigenvalue weighted by molar-refractivity contribution is -0.105. The second-order valence-electron chi connectivity index (χ2n) is 4.10. The lowest BCUT2D eigenvalue weighted by atomic mass is 10.1. The monoisotopic (exact) mass is 314 g/mol. The van der Waals surface area contributed by atoms with Crippen LogP contribution in [-0.4, -0.2) is 26.4 Å². The Morgan fingerprint density at radius 2 is 1.70 bits per heavy atom. The summed E-state index contributed by atoms with van der Waals surface area (Å²) < 4.78 is 15.5. The topological polar surface area (TPSA) is 131 Å². The fourth-order valence-electron chi connectivity index (χ4n) is 1.88. The van der Waals surface area contributed by atoms with Crippen molar-refractivity contribution in [2.45, 2.75) is 6.29 Å². The Morgan fingerprint density at radius 1 is 1.09 bits per heavy atom. The summed E-state index contributed by atoms with van der Waals surface area (Å²) in [7, 11) is 4.15. The Kier molecular flexibility index (Phi) is 6.39. The molecule has 0 aliphatic rings. The highest BCUT2D eigenvalue weighted by Crippen LogP contribution is 2.41. The van der Waals surface area contributed by atoms with Crippen molar-refractivity contribution >= 4 is 5.69 Å². The molecule has 0 radical (unpaired) electrons. The number of hydrogen-bond acceptors (Lipinski definition) is 8. The second kappa shape index (κ2) is 8.26. The predicted octanol–water partition coefficient (Wildman–Crippen LogP) is 1.93. The Hall–Kier alpha value is -3.25. The minimum absolute atomic E-state index is 0.0181. The average Bonchev–Trinajstić information content (AvgIpc) is 2.57. The molecule has 0 atom stereocenters. The highest BCUT2D eigenvalue weighted by atomic mass is 16.7. The summed E-state index contributed by atoms with van der Waals surface area (Å²) in [6.07, 6.45) is -0.820. The quantitative estimate of drug-likeness (QED) is 0.601. The van der Waals surface area contributed by atoms with Crippen LogP contribution in [-0.2, 0) is 9.47 Å². The molecule has 118 valence electrons. The molecule has 0 saturated carbocycles. The first-order chi connectivity index (χ1) is 11.1. The molecule has 8 heteroatoms. The number of allylic oxidation sites excluding steroid dienone is 2. The molecule has 0 spiro atoms. The van der Waals surface area contributed by atoms with Gasteiger partial charge < -0.3 is 24.6 Å². The molecule has 0 bridgehead atoms. The van der Waals surface area contributed by atoms with Crippen LogP contribution in [0.15, 0.2) is 23.4 Å². The minimum atomic E-state index is -0.820. The SMILES string of the molecule is COc1c(O)ccc(C(OC)OC)c1NC(C#N)=C(C#N)C#N. The molecule has 1 rings (SSSR count). The fourth-order valence-corrected chi connectivity index (χ4v) is 1.88. The molecule has 2 N–H and O–H groups in total. The first-order valence-corrected chi connectivity index (χ1v) is 6.24. The van der Waals surface area contributed by atoms with Gasteiger partial charge in [0.2, 0.25) is 0 Å². The van der Waals surface area contributed by atoms with E-state index in [1.807, 2.05) is 0 Å². The summed E-state index contributed by atoms with van der Waals surface area (Å²) in [6, 6.07) is 7.84. The van der Waals surface area contributed by atoms with Crippen molar-refractivity contribution in [3.63, 3.8) is 0 Å². The molecule has 0 aromatic heterocycles. The van der Waals surface area contributed by atoms with Crippen molar-refractivity contribution in [2.75, 3.05) is 26.6 Å². The van der Waals surface area contributed by atoms with Gasteiger partial charge in [0.15, 0.2) is 23.4 Å². The summed E-state index contributed by atoms with van der Waals surface area (Å²) >= 11 is 0. The van der Waals surface area contributed by atoms with Crippen LogP contribution in [0.25, 0.3) is 0 Å². The molecule has 0 heterocycles. The third-order valence-electron chi connectivity index (χ3n) is 2.89. The molecule has 0 fully saturated rings. The molecule has 8 nitrogen and oxygen atoms in total. The number of nitrogens with zero attached hydrogens (tertiary/aromatic N) is 3. The van der Waals surface area contributed by atoms with E-state index in [1.54, 1.807) is 18.2 Å². The zero-order valence-corrected chi connectivity index (χ0v) is 12.7. The maximum atomic E-state index is 9.91. The van der Waals surface area contributed by atoms with E-state index in [1.165, 1.54) is 33.5 Å². The zero-order chi connectivity index (χ0) is 17.4. The van der Waals surface area contributed by atoms with E-state index in [0.717, 1.165) is 0 Å². The molecular formula is C15H14N4O4. The van der Waals surface area contributed by atoms with Crippen molar-refractivity contribution in [1.29, 1.82) is 15.8 Å². The number of methoxy groups -OCH3 is 3. The van der Waals surface area contributed by atoms with Gasteiger partial charge in [0.1, 0.15) is 23.9 Å². The van der Waals surface area contributed by atoms with Gasteiger partial charge in [-0.05, 0) is 12.1 Å². The first kappa shape index (κ1) is 17.8. The number of aromatic hydroxyl groups is 1. The van der Waals surface area contributed by atoms with E-state index >= 15 is 0 Å². The van der Waals surface area contributed by atoms with Gasteiger partial charge in [-0.25, -0.2) is 0 Å². The van der Waals surface area contributed by atoms with Crippen LogP contribution in [0.3, 0.4) is 0 Å². The van der Waals surface area contributed by atoms with E-state index < -0.39 is 11.9 Å². The second-order valence-corrected chi connectivity index (χ2v) is 4.10. The van der Waals surface area contributed by atoms with Crippen molar-refractivity contribution in [3.8, 4) is 29.7 Å². The summed E-state index contributed by atoms with van der Waals surface area (Å²) in [6.45, 7) is 0. The summed E-state index contributed by atoms with van der Waals surface area (Å²) in [5.74, 6) is -0.179. The van der Waals surface area contributed by atoms with Crippen LogP contribution in [0.1, 0.15) is 11.9 Å². The van der Waals surface area contributed by atoms with Gasteiger partial charge in [-0.1, -0.05) is 0 Å². The van der Waals surface area contributed by atoms with Crippen LogP contribution in [0.4, 0.5) is 5.69 Å². The number of phenols is 1. The van der Waals surface area contributed by atoms with Gasteiger partial charge in [0.25, 0.3) is 0 Å². The normalized spacial score (nSPS) is 9.43. The number of anilines is 1. The van der Waals surface area contributed by atoms with Crippen molar-refractivity contribution < 1.29 is 19.3 Å². The highest BCUT2D eigenvalue weighted by Gasteiger charge is 2.22. The number of benzene rings is 1. The molecule has 0 unspecified atom stereocenters. The standard InChI is InChI=1S/C15H14N4O4/c1-21-14-12(20)5-4-10(15(22-2)23-3)13(14)19-11(8-18)9(6-16)7-17/h4-5,15,19-20H,1-3H3. The van der Waals surface area contributed by atoms with Crippen molar-refractivity contribution in [1.82, 2.24) is 0 Å². The summed E-state index contributed by atoms with van der Waals surface area (Å²) in [5.41, 5.74) is -0.130. The van der Waals surface area contributed by atoms with Crippen LogP contribution in [0.5, 0.6) is 11.5 Å². The van der Waals surface area contributed by atoms with Crippen LogP contribution in [0, 0.1) is 34.0 Å². The van der Waals surface area contributed by atoms with Gasteiger partial charge in [0.05, 0.1) is 12.8 Å². The number of nitriles is 3. The third-order valence-corrected chi connectivity index (χ3v) is 2.89. The smallest absolute Gasteiger partial charge is 0.185 e. The number of nitrogens with one attached hydrogen (secondary N) is 1. The zero-order valence-electron chi connectivity index (χ0n) is 12.7. The molecule has 1 aromatic rings. The lowest BCUT2D eigenvalue weighted by Gasteiger charge is -2.21. The van der Waals surface area contributed by atoms with Crippen molar-refractivity contribution in [3.05, 3.63) is 29.0 Å². The Balaban J connectivity index is 3.59. The van der Waals surface area contributed by atoms with Gasteiger partial charge in [-0.3, -0.25) is 0 Å². The van der Waals surface area contributed by atoms with E-state index in [9.17, 15) is 5.11 Å². The molecular weight excluding hydrogens is 300 g/mol. The number of ether oxygens (including phenoxy) is 3. The van der Waals surface area contributed by atoms with E-state index in [2.05, 4.69) is 5.32 Å². The van der Waals surface area contributed by atoms with Gasteiger partial charge in [-0.15, -0.1) is 0 Å². The predicted molar refractivity (Wildman–Crippen MR) is 78.9 cm³/mol. The summed E-state index contributed by atoms with van der Waals surface area (Å²) in [4.78, 5) is 0. The molecule has 0 aliphatic carbocycles. The van der Waals surface area contributed by atoms with E-state index in [4.69, 9.17) is 30.0 Å². The van der Waals surface area contributed by atoms with E-state index in [0.29, 0.717) is 5.56 Å². The van der Waals surface area contributed by atoms with E-state index in [-0.39, 0.29) is 22.9 Å². The Labute approximate surface area is 133 Å². The lowest BCUT2D eigenvalue weighted by Crippen LogP contribution is -2.11.